The summed E-state index contributed by atoms with van der Waals surface area (Å²) in [6, 6.07) is 11.9. The van der Waals surface area contributed by atoms with Gasteiger partial charge in [-0.25, -0.2) is 4.39 Å². The van der Waals surface area contributed by atoms with Crippen molar-refractivity contribution in [1.29, 1.82) is 0 Å². The number of quaternary nitrogens is 1. The Morgan fingerprint density at radius 3 is 2.63 bits per heavy atom. The number of halogens is 2. The highest BCUT2D eigenvalue weighted by atomic mass is 35.5. The van der Waals surface area contributed by atoms with E-state index in [0.29, 0.717) is 5.69 Å². The first kappa shape index (κ1) is 19.5. The van der Waals surface area contributed by atoms with Gasteiger partial charge in [0.15, 0.2) is 6.04 Å². The minimum atomic E-state index is -0.499. The number of anilines is 2. The third kappa shape index (κ3) is 4.51. The zero-order valence-electron chi connectivity index (χ0n) is 15.5. The number of hydrogen-bond donors (Lipinski definition) is 2. The van der Waals surface area contributed by atoms with Gasteiger partial charge in [-0.2, -0.15) is 0 Å². The first-order valence-electron chi connectivity index (χ1n) is 8.98. The minimum Gasteiger partial charge on any atom is -0.495 e. The van der Waals surface area contributed by atoms with Crippen LogP contribution in [0.3, 0.4) is 0 Å². The Hall–Kier alpha value is -2.31. The maximum absolute atomic E-state index is 13.3. The molecule has 7 heteroatoms. The number of ether oxygens (including phenoxy) is 1. The third-order valence-electron chi connectivity index (χ3n) is 5.02. The largest absolute Gasteiger partial charge is 0.495 e. The fourth-order valence-electron chi connectivity index (χ4n) is 3.37. The van der Waals surface area contributed by atoms with Crippen LogP contribution in [-0.2, 0) is 4.79 Å². The van der Waals surface area contributed by atoms with Crippen LogP contribution in [0.15, 0.2) is 42.5 Å². The van der Waals surface area contributed by atoms with Crippen molar-refractivity contribution in [3.63, 3.8) is 0 Å². The van der Waals surface area contributed by atoms with Gasteiger partial charge in [0.2, 0.25) is 0 Å². The summed E-state index contributed by atoms with van der Waals surface area (Å²) in [5.41, 5.74) is 1.59. The van der Waals surface area contributed by atoms with Crippen LogP contribution in [0, 0.1) is 5.82 Å². The fraction of sp³-hybridized carbons (Fsp3) is 0.350. The molecule has 1 atom stereocenters. The van der Waals surface area contributed by atoms with E-state index in [2.05, 4.69) is 16.3 Å². The van der Waals surface area contributed by atoms with Crippen LogP contribution >= 0.6 is 11.6 Å². The molecule has 2 aromatic carbocycles. The molecule has 27 heavy (non-hydrogen) atoms. The van der Waals surface area contributed by atoms with Crippen molar-refractivity contribution in [3.8, 4) is 5.75 Å². The SMILES string of the molecule is COc1ccccc1N1CC[NH+]([C@@H](C)C(=O)Nc2ccc(F)c(Cl)c2)CC1. The van der Waals surface area contributed by atoms with Crippen LogP contribution in [-0.4, -0.2) is 45.2 Å². The normalized spacial score (nSPS) is 16.1. The number of nitrogens with zero attached hydrogens (tertiary/aromatic N) is 1. The predicted molar refractivity (Wildman–Crippen MR) is 105 cm³/mol. The van der Waals surface area contributed by atoms with E-state index in [1.54, 1.807) is 7.11 Å². The summed E-state index contributed by atoms with van der Waals surface area (Å²) in [7, 11) is 1.68. The molecule has 0 radical (unpaired) electrons. The van der Waals surface area contributed by atoms with Gasteiger partial charge in [-0.05, 0) is 37.3 Å². The van der Waals surface area contributed by atoms with Crippen LogP contribution in [0.5, 0.6) is 5.75 Å². The highest BCUT2D eigenvalue weighted by Gasteiger charge is 2.30. The molecule has 1 aliphatic heterocycles. The van der Waals surface area contributed by atoms with Gasteiger partial charge in [0, 0.05) is 5.69 Å². The van der Waals surface area contributed by atoms with Crippen LogP contribution in [0.4, 0.5) is 15.8 Å². The maximum Gasteiger partial charge on any atom is 0.282 e. The highest BCUT2D eigenvalue weighted by molar-refractivity contribution is 6.31. The molecule has 2 aromatic rings. The van der Waals surface area contributed by atoms with E-state index in [4.69, 9.17) is 16.3 Å². The molecule has 1 saturated heterocycles. The van der Waals surface area contributed by atoms with E-state index in [9.17, 15) is 9.18 Å². The monoisotopic (exact) mass is 392 g/mol. The van der Waals surface area contributed by atoms with E-state index < -0.39 is 5.82 Å². The second-order valence-corrected chi connectivity index (χ2v) is 7.06. The number of nitrogens with one attached hydrogen (secondary N) is 2. The predicted octanol–water partition coefficient (Wildman–Crippen LogP) is 2.22. The van der Waals surface area contributed by atoms with Gasteiger partial charge in [0.1, 0.15) is 11.6 Å². The lowest BCUT2D eigenvalue weighted by Crippen LogP contribution is -3.19. The molecule has 5 nitrogen and oxygen atoms in total. The molecule has 2 N–H and O–H groups in total. The van der Waals surface area contributed by atoms with Gasteiger partial charge < -0.3 is 19.9 Å². The molecule has 0 aliphatic carbocycles. The number of hydrogen-bond acceptors (Lipinski definition) is 3. The lowest BCUT2D eigenvalue weighted by molar-refractivity contribution is -0.914. The Labute approximate surface area is 163 Å². The number of amides is 1. The number of carbonyl (C=O) groups is 1. The number of carbonyl (C=O) groups excluding carboxylic acids is 1. The molecule has 1 heterocycles. The van der Waals surface area contributed by atoms with E-state index >= 15 is 0 Å². The first-order valence-corrected chi connectivity index (χ1v) is 9.36. The first-order chi connectivity index (χ1) is 13.0. The van der Waals surface area contributed by atoms with E-state index in [1.807, 2.05) is 25.1 Å². The molecule has 1 amide bonds. The second-order valence-electron chi connectivity index (χ2n) is 6.66. The molecule has 0 bridgehead atoms. The minimum absolute atomic E-state index is 0.00165. The van der Waals surface area contributed by atoms with Crippen molar-refractivity contribution in [3.05, 3.63) is 53.3 Å². The molecular formula is C20H24ClFN3O2+. The molecule has 1 aliphatic rings. The Balaban J connectivity index is 1.58. The average Bonchev–Trinajstić information content (AvgIpc) is 2.70. The molecule has 1 fully saturated rings. The summed E-state index contributed by atoms with van der Waals surface area (Å²) in [6.07, 6.45) is 0. The maximum atomic E-state index is 13.3. The standard InChI is InChI=1S/C20H23ClFN3O2/c1-14(20(26)23-15-7-8-17(22)16(21)13-15)24-9-11-25(12-10-24)18-5-3-4-6-19(18)27-2/h3-8,13-14H,9-12H2,1-2H3,(H,23,26)/p+1/t14-/m0/s1. The number of benzene rings is 2. The van der Waals surface area contributed by atoms with Crippen molar-refractivity contribution in [1.82, 2.24) is 0 Å². The molecule has 0 spiro atoms. The van der Waals surface area contributed by atoms with Crippen molar-refractivity contribution in [2.75, 3.05) is 43.5 Å². The Bertz CT molecular complexity index is 810. The molecule has 0 aromatic heterocycles. The lowest BCUT2D eigenvalue weighted by Gasteiger charge is -2.36. The van der Waals surface area contributed by atoms with Crippen molar-refractivity contribution in [2.24, 2.45) is 0 Å². The van der Waals surface area contributed by atoms with Crippen molar-refractivity contribution < 1.29 is 18.8 Å². The van der Waals surface area contributed by atoms with E-state index in [-0.39, 0.29) is 17.0 Å². The lowest BCUT2D eigenvalue weighted by atomic mass is 10.2. The van der Waals surface area contributed by atoms with Gasteiger partial charge in [0.25, 0.3) is 5.91 Å². The van der Waals surface area contributed by atoms with Gasteiger partial charge in [-0.3, -0.25) is 4.79 Å². The van der Waals surface area contributed by atoms with Crippen LogP contribution in [0.25, 0.3) is 0 Å². The smallest absolute Gasteiger partial charge is 0.282 e. The van der Waals surface area contributed by atoms with Crippen LogP contribution in [0.2, 0.25) is 5.02 Å². The molecule has 3 rings (SSSR count). The summed E-state index contributed by atoms with van der Waals surface area (Å²) in [6.45, 7) is 5.29. The Morgan fingerprint density at radius 1 is 1.26 bits per heavy atom. The zero-order chi connectivity index (χ0) is 19.4. The van der Waals surface area contributed by atoms with E-state index in [0.717, 1.165) is 37.6 Å². The van der Waals surface area contributed by atoms with Gasteiger partial charge in [0.05, 0.1) is 44.0 Å². The fourth-order valence-corrected chi connectivity index (χ4v) is 3.55. The number of rotatable bonds is 5. The summed E-state index contributed by atoms with van der Waals surface area (Å²) < 4.78 is 18.7. The molecular weight excluding hydrogens is 369 g/mol. The van der Waals surface area contributed by atoms with Crippen molar-refractivity contribution in [2.45, 2.75) is 13.0 Å². The average molecular weight is 393 g/mol. The highest BCUT2D eigenvalue weighted by Crippen LogP contribution is 2.27. The quantitative estimate of drug-likeness (QED) is 0.820. The molecule has 0 saturated carbocycles. The summed E-state index contributed by atoms with van der Waals surface area (Å²) in [4.78, 5) is 16.1. The number of methoxy groups -OCH3 is 1. The molecule has 144 valence electrons. The Morgan fingerprint density at radius 2 is 1.96 bits per heavy atom. The van der Waals surface area contributed by atoms with E-state index in [1.165, 1.54) is 23.1 Å². The van der Waals surface area contributed by atoms with Gasteiger partial charge >= 0.3 is 0 Å². The summed E-state index contributed by atoms with van der Waals surface area (Å²) in [5, 5.41) is 2.82. The number of piperazine rings is 1. The third-order valence-corrected chi connectivity index (χ3v) is 5.31. The zero-order valence-corrected chi connectivity index (χ0v) is 16.2. The summed E-state index contributed by atoms with van der Waals surface area (Å²) >= 11 is 5.78. The van der Waals surface area contributed by atoms with Crippen LogP contribution < -0.4 is 19.9 Å². The van der Waals surface area contributed by atoms with Crippen molar-refractivity contribution >= 4 is 28.9 Å². The van der Waals surface area contributed by atoms with Gasteiger partial charge in [-0.1, -0.05) is 23.7 Å². The second kappa shape index (κ2) is 8.59. The summed E-state index contributed by atoms with van der Waals surface area (Å²) in [5.74, 6) is 0.263. The topological polar surface area (TPSA) is 46.0 Å². The van der Waals surface area contributed by atoms with Gasteiger partial charge in [-0.15, -0.1) is 0 Å². The number of para-hydroxylation sites is 2. The Kier molecular flexibility index (Phi) is 6.19. The van der Waals surface area contributed by atoms with Crippen LogP contribution in [0.1, 0.15) is 6.92 Å². The molecule has 0 unspecified atom stereocenters.